The van der Waals surface area contributed by atoms with Crippen molar-refractivity contribution in [2.75, 3.05) is 0 Å². The second kappa shape index (κ2) is 15.3. The van der Waals surface area contributed by atoms with Gasteiger partial charge in [0.15, 0.2) is 0 Å². The lowest BCUT2D eigenvalue weighted by Crippen LogP contribution is -2.16. The van der Waals surface area contributed by atoms with E-state index in [4.69, 9.17) is 9.84 Å². The van der Waals surface area contributed by atoms with Gasteiger partial charge in [0, 0.05) is 23.7 Å². The van der Waals surface area contributed by atoms with E-state index in [2.05, 4.69) is 17.5 Å². The third kappa shape index (κ3) is 8.95. The van der Waals surface area contributed by atoms with Gasteiger partial charge in [-0.1, -0.05) is 94.0 Å². The van der Waals surface area contributed by atoms with E-state index in [1.165, 1.54) is 32.1 Å². The Morgan fingerprint density at radius 1 is 0.872 bits per heavy atom. The van der Waals surface area contributed by atoms with Gasteiger partial charge in [-0.15, -0.1) is 0 Å². The first kappa shape index (κ1) is 27.8. The van der Waals surface area contributed by atoms with Crippen molar-refractivity contribution in [2.45, 2.75) is 64.9 Å². The van der Waals surface area contributed by atoms with E-state index >= 15 is 0 Å². The van der Waals surface area contributed by atoms with Crippen molar-refractivity contribution < 1.29 is 9.53 Å². The molecule has 0 aliphatic carbocycles. The SMILES string of the molecule is CCCCCCCCCC(=O)NN=Cc1cn(-c2ccccc2)nc1-c1ccc(OCc2ccccc2)cc1. The zero-order chi connectivity index (χ0) is 27.1. The molecule has 39 heavy (non-hydrogen) atoms. The molecular formula is C33H38N4O2. The summed E-state index contributed by atoms with van der Waals surface area (Å²) in [6, 6.07) is 27.9. The van der Waals surface area contributed by atoms with Crippen LogP contribution in [0.4, 0.5) is 0 Å². The van der Waals surface area contributed by atoms with Crippen molar-refractivity contribution in [1.29, 1.82) is 0 Å². The van der Waals surface area contributed by atoms with Gasteiger partial charge >= 0.3 is 0 Å². The maximum atomic E-state index is 12.3. The number of hydrazone groups is 1. The summed E-state index contributed by atoms with van der Waals surface area (Å²) in [4.78, 5) is 12.3. The van der Waals surface area contributed by atoms with Crippen LogP contribution in [-0.4, -0.2) is 21.9 Å². The number of carbonyl (C=O) groups is 1. The summed E-state index contributed by atoms with van der Waals surface area (Å²) in [5.41, 5.74) is 7.28. The minimum Gasteiger partial charge on any atom is -0.489 e. The number of nitrogens with zero attached hydrogens (tertiary/aromatic N) is 3. The number of hydrogen-bond acceptors (Lipinski definition) is 4. The lowest BCUT2D eigenvalue weighted by molar-refractivity contribution is -0.121. The summed E-state index contributed by atoms with van der Waals surface area (Å²) >= 11 is 0. The molecule has 0 aliphatic heterocycles. The molecule has 0 unspecified atom stereocenters. The molecule has 6 nitrogen and oxygen atoms in total. The highest BCUT2D eigenvalue weighted by Crippen LogP contribution is 2.25. The molecule has 1 amide bonds. The predicted octanol–water partition coefficient (Wildman–Crippen LogP) is 7.71. The number of aromatic nitrogens is 2. The van der Waals surface area contributed by atoms with Crippen molar-refractivity contribution in [3.8, 4) is 22.7 Å². The molecule has 0 saturated heterocycles. The molecule has 0 radical (unpaired) electrons. The molecule has 0 bridgehead atoms. The third-order valence-corrected chi connectivity index (χ3v) is 6.54. The molecule has 0 spiro atoms. The Kier molecular flexibility index (Phi) is 10.9. The largest absolute Gasteiger partial charge is 0.489 e. The second-order valence-electron chi connectivity index (χ2n) is 9.68. The van der Waals surface area contributed by atoms with Crippen LogP contribution in [0, 0.1) is 0 Å². The number of amides is 1. The average Bonchev–Trinajstić information content (AvgIpc) is 3.41. The smallest absolute Gasteiger partial charge is 0.240 e. The predicted molar refractivity (Wildman–Crippen MR) is 158 cm³/mol. The monoisotopic (exact) mass is 522 g/mol. The van der Waals surface area contributed by atoms with E-state index < -0.39 is 0 Å². The Balaban J connectivity index is 1.39. The van der Waals surface area contributed by atoms with Crippen LogP contribution in [0.25, 0.3) is 16.9 Å². The Morgan fingerprint density at radius 2 is 1.54 bits per heavy atom. The topological polar surface area (TPSA) is 68.5 Å². The van der Waals surface area contributed by atoms with E-state index in [9.17, 15) is 4.79 Å². The maximum Gasteiger partial charge on any atom is 0.240 e. The Morgan fingerprint density at radius 3 is 2.26 bits per heavy atom. The molecule has 4 rings (SSSR count). The van der Waals surface area contributed by atoms with Crippen LogP contribution in [-0.2, 0) is 11.4 Å². The van der Waals surface area contributed by atoms with E-state index in [-0.39, 0.29) is 5.91 Å². The van der Waals surface area contributed by atoms with Gasteiger partial charge in [-0.25, -0.2) is 10.1 Å². The molecule has 3 aromatic carbocycles. The van der Waals surface area contributed by atoms with Gasteiger partial charge < -0.3 is 4.74 Å². The van der Waals surface area contributed by atoms with Crippen molar-refractivity contribution in [1.82, 2.24) is 15.2 Å². The molecule has 0 saturated carbocycles. The number of para-hydroxylation sites is 1. The fraction of sp³-hybridized carbons (Fsp3) is 0.303. The van der Waals surface area contributed by atoms with Crippen molar-refractivity contribution in [2.24, 2.45) is 5.10 Å². The van der Waals surface area contributed by atoms with Crippen LogP contribution in [0.1, 0.15) is 69.4 Å². The quantitative estimate of drug-likeness (QED) is 0.0987. The molecule has 6 heteroatoms. The summed E-state index contributed by atoms with van der Waals surface area (Å²) in [6.45, 7) is 2.73. The van der Waals surface area contributed by atoms with Gasteiger partial charge in [0.25, 0.3) is 0 Å². The van der Waals surface area contributed by atoms with Gasteiger partial charge in [-0.2, -0.15) is 10.2 Å². The highest BCUT2D eigenvalue weighted by atomic mass is 16.5. The second-order valence-corrected chi connectivity index (χ2v) is 9.68. The number of unbranched alkanes of at least 4 members (excludes halogenated alkanes) is 6. The number of benzene rings is 3. The number of ether oxygens (including phenoxy) is 1. The zero-order valence-corrected chi connectivity index (χ0v) is 22.8. The van der Waals surface area contributed by atoms with E-state index in [1.54, 1.807) is 6.21 Å². The van der Waals surface area contributed by atoms with Crippen LogP contribution in [0.15, 0.2) is 96.2 Å². The first-order chi connectivity index (χ1) is 19.2. The lowest BCUT2D eigenvalue weighted by atomic mass is 10.1. The summed E-state index contributed by atoms with van der Waals surface area (Å²) in [7, 11) is 0. The first-order valence-electron chi connectivity index (χ1n) is 14.0. The van der Waals surface area contributed by atoms with Gasteiger partial charge in [0.1, 0.15) is 18.1 Å². The summed E-state index contributed by atoms with van der Waals surface area (Å²) in [5, 5.41) is 9.09. The molecule has 4 aromatic rings. The number of rotatable bonds is 15. The zero-order valence-electron chi connectivity index (χ0n) is 22.8. The Hall–Kier alpha value is -4.19. The number of hydrogen-bond donors (Lipinski definition) is 1. The standard InChI is InChI=1S/C33H38N4O2/c1-2-3-4-5-6-7-14-19-32(38)35-34-24-29-25-37(30-17-12-9-13-18-30)36-33(29)28-20-22-31(23-21-28)39-26-27-15-10-8-11-16-27/h8-13,15-18,20-25H,2-7,14,19,26H2,1H3,(H,35,38). The minimum absolute atomic E-state index is 0.0586. The molecule has 0 aliphatic rings. The minimum atomic E-state index is -0.0586. The van der Waals surface area contributed by atoms with Crippen molar-refractivity contribution in [3.05, 3.63) is 102 Å². The fourth-order valence-corrected chi connectivity index (χ4v) is 4.34. The van der Waals surface area contributed by atoms with Crippen molar-refractivity contribution >= 4 is 12.1 Å². The van der Waals surface area contributed by atoms with Crippen LogP contribution < -0.4 is 10.2 Å². The summed E-state index contributed by atoms with van der Waals surface area (Å²) in [5.74, 6) is 0.731. The molecule has 1 N–H and O–H groups in total. The summed E-state index contributed by atoms with van der Waals surface area (Å²) in [6.07, 6.45) is 12.3. The Bertz CT molecular complexity index is 1300. The van der Waals surface area contributed by atoms with Gasteiger partial charge in [0.05, 0.1) is 11.9 Å². The normalized spacial score (nSPS) is 11.1. The van der Waals surface area contributed by atoms with Crippen LogP contribution >= 0.6 is 0 Å². The molecular weight excluding hydrogens is 484 g/mol. The van der Waals surface area contributed by atoms with E-state index in [0.29, 0.717) is 13.0 Å². The van der Waals surface area contributed by atoms with Crippen molar-refractivity contribution in [3.63, 3.8) is 0 Å². The number of nitrogens with one attached hydrogen (secondary N) is 1. The molecule has 0 fully saturated rings. The fourth-order valence-electron chi connectivity index (χ4n) is 4.34. The third-order valence-electron chi connectivity index (χ3n) is 6.54. The molecule has 202 valence electrons. The van der Waals surface area contributed by atoms with Crippen LogP contribution in [0.3, 0.4) is 0 Å². The number of carbonyl (C=O) groups excluding carboxylic acids is 1. The molecule has 1 aromatic heterocycles. The Labute approximate surface area is 231 Å². The highest BCUT2D eigenvalue weighted by Gasteiger charge is 2.12. The van der Waals surface area contributed by atoms with Gasteiger partial charge in [-0.3, -0.25) is 4.79 Å². The van der Waals surface area contributed by atoms with Gasteiger partial charge in [0.2, 0.25) is 5.91 Å². The van der Waals surface area contributed by atoms with E-state index in [1.807, 2.05) is 95.8 Å². The van der Waals surface area contributed by atoms with Crippen LogP contribution in [0.5, 0.6) is 5.75 Å². The maximum absolute atomic E-state index is 12.3. The highest BCUT2D eigenvalue weighted by molar-refractivity contribution is 5.89. The summed E-state index contributed by atoms with van der Waals surface area (Å²) < 4.78 is 7.77. The van der Waals surface area contributed by atoms with Crippen LogP contribution in [0.2, 0.25) is 0 Å². The average molecular weight is 523 g/mol. The molecule has 1 heterocycles. The lowest BCUT2D eigenvalue weighted by Gasteiger charge is -2.07. The van der Waals surface area contributed by atoms with Gasteiger partial charge in [-0.05, 0) is 48.4 Å². The van der Waals surface area contributed by atoms with E-state index in [0.717, 1.165) is 46.7 Å². The molecule has 0 atom stereocenters. The first-order valence-corrected chi connectivity index (χ1v) is 14.0.